The molecule has 0 aromatic heterocycles. The van der Waals surface area contributed by atoms with E-state index >= 15 is 0 Å². The van der Waals surface area contributed by atoms with Gasteiger partial charge in [-0.05, 0) is 50.7 Å². The number of rotatable bonds is 16. The van der Waals surface area contributed by atoms with Crippen molar-refractivity contribution >= 4 is 11.6 Å². The van der Waals surface area contributed by atoms with Gasteiger partial charge in [-0.3, -0.25) is 0 Å². The van der Waals surface area contributed by atoms with Gasteiger partial charge in [-0.1, -0.05) is 56.9 Å². The summed E-state index contributed by atoms with van der Waals surface area (Å²) in [6, 6.07) is 0. The predicted octanol–water partition coefficient (Wildman–Crippen LogP) is 6.99. The fourth-order valence-electron chi connectivity index (χ4n) is 2.06. The van der Waals surface area contributed by atoms with E-state index < -0.39 is 0 Å². The van der Waals surface area contributed by atoms with Crippen molar-refractivity contribution in [2.75, 3.05) is 19.1 Å². The van der Waals surface area contributed by atoms with Crippen LogP contribution in [0.4, 0.5) is 0 Å². The first-order valence-electron chi connectivity index (χ1n) is 9.25. The van der Waals surface area contributed by atoms with Crippen LogP contribution in [-0.4, -0.2) is 19.1 Å². The largest absolute Gasteiger partial charge is 0.376 e. The molecule has 132 valence electrons. The number of halogens is 1. The number of hydrogen-bond acceptors (Lipinski definition) is 1. The Hall–Kier alpha value is -0.750. The van der Waals surface area contributed by atoms with Gasteiger partial charge in [0, 0.05) is 5.88 Å². The summed E-state index contributed by atoms with van der Waals surface area (Å²) < 4.78 is 5.50. The molecule has 0 amide bonds. The molecule has 0 atom stereocenters. The van der Waals surface area contributed by atoms with Crippen LogP contribution in [-0.2, 0) is 4.74 Å². The van der Waals surface area contributed by atoms with Crippen molar-refractivity contribution in [3.05, 3.63) is 42.2 Å². The maximum absolute atomic E-state index is 5.59. The van der Waals surface area contributed by atoms with Crippen LogP contribution < -0.4 is 0 Å². The Morgan fingerprint density at radius 1 is 0.826 bits per heavy atom. The Balaban J connectivity index is 3.29. The molecule has 0 rings (SSSR count). The van der Waals surface area contributed by atoms with Crippen LogP contribution in [0.25, 0.3) is 0 Å². The third kappa shape index (κ3) is 21.2. The molecule has 2 heteroatoms. The van der Waals surface area contributed by atoms with E-state index in [1.54, 1.807) is 0 Å². The average Bonchev–Trinajstić information content (AvgIpc) is 2.57. The zero-order valence-electron chi connectivity index (χ0n) is 14.9. The topological polar surface area (TPSA) is 9.23 Å². The Labute approximate surface area is 149 Å². The normalized spacial score (nSPS) is 11.2. The fourth-order valence-corrected chi connectivity index (χ4v) is 2.21. The molecule has 0 aromatic rings. The molecule has 0 spiro atoms. The highest BCUT2D eigenvalue weighted by molar-refractivity contribution is 6.17. The lowest BCUT2D eigenvalue weighted by Gasteiger charge is -1.96. The summed E-state index contributed by atoms with van der Waals surface area (Å²) in [4.78, 5) is 0. The van der Waals surface area contributed by atoms with E-state index in [9.17, 15) is 0 Å². The molecule has 0 saturated carbocycles. The first-order valence-corrected chi connectivity index (χ1v) is 9.78. The Kier molecular flexibility index (Phi) is 20.6. The molecule has 0 aliphatic rings. The van der Waals surface area contributed by atoms with Crippen molar-refractivity contribution in [1.82, 2.24) is 0 Å². The van der Waals surface area contributed by atoms with Crippen LogP contribution >= 0.6 is 11.6 Å². The van der Waals surface area contributed by atoms with Gasteiger partial charge >= 0.3 is 0 Å². The quantitative estimate of drug-likeness (QED) is 0.127. The van der Waals surface area contributed by atoms with Crippen molar-refractivity contribution < 1.29 is 4.74 Å². The maximum atomic E-state index is 5.59. The molecule has 0 aliphatic heterocycles. The van der Waals surface area contributed by atoms with Crippen LogP contribution in [0.2, 0.25) is 0 Å². The molecule has 0 saturated heterocycles. The zero-order chi connectivity index (χ0) is 16.8. The highest BCUT2D eigenvalue weighted by Gasteiger charge is 1.86. The van der Waals surface area contributed by atoms with E-state index in [0.29, 0.717) is 6.61 Å². The Morgan fingerprint density at radius 3 is 2.39 bits per heavy atom. The molecule has 23 heavy (non-hydrogen) atoms. The molecule has 1 nitrogen and oxygen atoms in total. The van der Waals surface area contributed by atoms with Crippen LogP contribution in [0.1, 0.15) is 71.1 Å². The van der Waals surface area contributed by atoms with Gasteiger partial charge in [0.15, 0.2) is 0 Å². The fraction of sp³-hybridized carbons (Fsp3) is 0.667. The predicted molar refractivity (Wildman–Crippen MR) is 104 cm³/mol. The van der Waals surface area contributed by atoms with Crippen molar-refractivity contribution in [1.29, 1.82) is 0 Å². The Bertz CT molecular complexity index is 338. The van der Waals surface area contributed by atoms with Crippen molar-refractivity contribution in [3.63, 3.8) is 0 Å². The summed E-state index contributed by atoms with van der Waals surface area (Å²) in [6.07, 6.45) is 25.0. The van der Waals surface area contributed by atoms with Gasteiger partial charge in [-0.2, -0.15) is 0 Å². The second-order valence-corrected chi connectivity index (χ2v) is 6.03. The second kappa shape index (κ2) is 21.2. The summed E-state index contributed by atoms with van der Waals surface area (Å²) in [5, 5.41) is 0. The smallest absolute Gasteiger partial charge is 0.0721 e. The minimum atomic E-state index is 0.642. The summed E-state index contributed by atoms with van der Waals surface area (Å²) >= 11 is 5.59. The molecule has 0 aromatic carbocycles. The van der Waals surface area contributed by atoms with Gasteiger partial charge in [0.2, 0.25) is 0 Å². The van der Waals surface area contributed by atoms with E-state index in [4.69, 9.17) is 16.3 Å². The van der Waals surface area contributed by atoms with Gasteiger partial charge < -0.3 is 4.74 Å². The van der Waals surface area contributed by atoms with E-state index in [2.05, 4.69) is 37.0 Å². The van der Waals surface area contributed by atoms with Crippen molar-refractivity contribution in [3.8, 4) is 0 Å². The Morgan fingerprint density at radius 2 is 1.61 bits per heavy atom. The zero-order valence-corrected chi connectivity index (χ0v) is 15.7. The van der Waals surface area contributed by atoms with Gasteiger partial charge in [-0.15, -0.1) is 17.3 Å². The molecule has 0 radical (unpaired) electrons. The summed E-state index contributed by atoms with van der Waals surface area (Å²) in [5.41, 5.74) is 3.11. The van der Waals surface area contributed by atoms with Gasteiger partial charge in [0.05, 0.1) is 13.2 Å². The second-order valence-electron chi connectivity index (χ2n) is 5.65. The highest BCUT2D eigenvalue weighted by Crippen LogP contribution is 2.05. The summed E-state index contributed by atoms with van der Waals surface area (Å²) in [5.74, 6) is 0.717. The number of alkyl halides is 1. The van der Waals surface area contributed by atoms with Gasteiger partial charge in [-0.25, -0.2) is 0 Å². The van der Waals surface area contributed by atoms with Gasteiger partial charge in [0.1, 0.15) is 0 Å². The lowest BCUT2D eigenvalue weighted by Crippen LogP contribution is -1.91. The molecule has 0 bridgehead atoms. The standard InChI is InChI=1S/C21H35ClO/c1-2-3-4-5-6-7-8-9-10-11-14-17-20-23-21-18-15-12-13-16-19-22/h8-9,11-12,14,18H,2-7,10,13,16-17,19-21H2,1H3. The number of ether oxygens (including phenoxy) is 1. The SMILES string of the molecule is CCCCCCCC=CCC=CCCOCC=C=CCCCCl. The van der Waals surface area contributed by atoms with E-state index in [-0.39, 0.29) is 0 Å². The molecule has 0 aliphatic carbocycles. The van der Waals surface area contributed by atoms with Crippen LogP contribution in [0.5, 0.6) is 0 Å². The van der Waals surface area contributed by atoms with Crippen molar-refractivity contribution in [2.24, 2.45) is 0 Å². The number of unbranched alkanes of at least 4 members (excludes halogenated alkanes) is 6. The minimum absolute atomic E-state index is 0.642. The molecule has 0 unspecified atom stereocenters. The average molecular weight is 339 g/mol. The number of allylic oxidation sites excluding steroid dienone is 3. The molecular formula is C21H35ClO. The molecule has 0 N–H and O–H groups in total. The van der Waals surface area contributed by atoms with Crippen molar-refractivity contribution in [2.45, 2.75) is 71.1 Å². The third-order valence-electron chi connectivity index (χ3n) is 3.43. The van der Waals surface area contributed by atoms with E-state index in [0.717, 1.165) is 38.2 Å². The van der Waals surface area contributed by atoms with Crippen LogP contribution in [0.15, 0.2) is 42.2 Å². The first-order chi connectivity index (χ1) is 11.4. The number of hydrogen-bond donors (Lipinski definition) is 0. The highest BCUT2D eigenvalue weighted by atomic mass is 35.5. The first kappa shape index (κ1) is 22.2. The lowest BCUT2D eigenvalue weighted by atomic mass is 10.1. The summed E-state index contributed by atoms with van der Waals surface area (Å²) in [7, 11) is 0. The summed E-state index contributed by atoms with van der Waals surface area (Å²) in [6.45, 7) is 3.68. The maximum Gasteiger partial charge on any atom is 0.0721 e. The monoisotopic (exact) mass is 338 g/mol. The van der Waals surface area contributed by atoms with Gasteiger partial charge in [0.25, 0.3) is 0 Å². The molecular weight excluding hydrogens is 304 g/mol. The lowest BCUT2D eigenvalue weighted by molar-refractivity contribution is 0.167. The van der Waals surface area contributed by atoms with Crippen LogP contribution in [0.3, 0.4) is 0 Å². The van der Waals surface area contributed by atoms with E-state index in [1.165, 1.54) is 38.5 Å². The van der Waals surface area contributed by atoms with E-state index in [1.807, 2.05) is 12.2 Å². The molecule has 0 heterocycles. The minimum Gasteiger partial charge on any atom is -0.376 e. The van der Waals surface area contributed by atoms with Crippen LogP contribution in [0, 0.1) is 0 Å². The molecule has 0 fully saturated rings. The third-order valence-corrected chi connectivity index (χ3v) is 3.69.